The van der Waals surface area contributed by atoms with Crippen molar-refractivity contribution in [1.29, 1.82) is 0 Å². The lowest BCUT2D eigenvalue weighted by Crippen LogP contribution is -2.22. The molecule has 0 aliphatic carbocycles. The molecule has 0 saturated carbocycles. The fourth-order valence-corrected chi connectivity index (χ4v) is 2.07. The smallest absolute Gasteiger partial charge is 0.251 e. The largest absolute Gasteiger partial charge is 0.385 e. The van der Waals surface area contributed by atoms with Crippen LogP contribution < -0.4 is 10.6 Å². The van der Waals surface area contributed by atoms with Crippen LogP contribution >= 0.6 is 0 Å². The Morgan fingerprint density at radius 1 is 1.10 bits per heavy atom. The summed E-state index contributed by atoms with van der Waals surface area (Å²) in [6, 6.07) is 15.6. The van der Waals surface area contributed by atoms with Crippen LogP contribution in [0.4, 0.5) is 5.69 Å². The average molecular weight is 268 g/mol. The molecular formula is C17H20N2O. The molecule has 0 heterocycles. The van der Waals surface area contributed by atoms with Gasteiger partial charge >= 0.3 is 0 Å². The topological polar surface area (TPSA) is 41.1 Å². The predicted octanol–water partition coefficient (Wildman–Crippen LogP) is 3.36. The van der Waals surface area contributed by atoms with E-state index in [4.69, 9.17) is 0 Å². The molecule has 0 radical (unpaired) electrons. The minimum atomic E-state index is -0.0417. The van der Waals surface area contributed by atoms with Crippen molar-refractivity contribution in [2.45, 2.75) is 20.4 Å². The molecule has 0 aliphatic heterocycles. The summed E-state index contributed by atoms with van der Waals surface area (Å²) < 4.78 is 0. The molecule has 2 rings (SSSR count). The lowest BCUT2D eigenvalue weighted by atomic mass is 10.1. The molecule has 104 valence electrons. The summed E-state index contributed by atoms with van der Waals surface area (Å²) >= 11 is 0. The van der Waals surface area contributed by atoms with E-state index < -0.39 is 0 Å². The van der Waals surface area contributed by atoms with Crippen molar-refractivity contribution in [3.05, 3.63) is 65.2 Å². The zero-order valence-electron chi connectivity index (χ0n) is 11.9. The lowest BCUT2D eigenvalue weighted by molar-refractivity contribution is 0.0951. The van der Waals surface area contributed by atoms with Crippen LogP contribution in [0.15, 0.2) is 48.5 Å². The normalized spacial score (nSPS) is 10.1. The van der Waals surface area contributed by atoms with E-state index in [0.717, 1.165) is 23.4 Å². The molecule has 0 fully saturated rings. The highest BCUT2D eigenvalue weighted by Gasteiger charge is 2.07. The second kappa shape index (κ2) is 6.75. The molecule has 0 unspecified atom stereocenters. The van der Waals surface area contributed by atoms with Crippen LogP contribution in [0.3, 0.4) is 0 Å². The maximum absolute atomic E-state index is 12.1. The fraction of sp³-hybridized carbons (Fsp3) is 0.235. The number of benzene rings is 2. The first-order chi connectivity index (χ1) is 9.70. The van der Waals surface area contributed by atoms with Gasteiger partial charge in [-0.2, -0.15) is 0 Å². The Morgan fingerprint density at radius 3 is 2.50 bits per heavy atom. The first-order valence-electron chi connectivity index (χ1n) is 6.87. The highest BCUT2D eigenvalue weighted by molar-refractivity contribution is 5.94. The van der Waals surface area contributed by atoms with Crippen LogP contribution in [0.25, 0.3) is 0 Å². The van der Waals surface area contributed by atoms with Gasteiger partial charge in [0, 0.05) is 24.3 Å². The Hall–Kier alpha value is -2.29. The Bertz CT molecular complexity index is 579. The van der Waals surface area contributed by atoms with E-state index >= 15 is 0 Å². The molecule has 2 N–H and O–H groups in total. The predicted molar refractivity (Wildman–Crippen MR) is 83.0 cm³/mol. The first kappa shape index (κ1) is 14.1. The monoisotopic (exact) mass is 268 g/mol. The maximum Gasteiger partial charge on any atom is 0.251 e. The van der Waals surface area contributed by atoms with E-state index in [9.17, 15) is 4.79 Å². The van der Waals surface area contributed by atoms with Gasteiger partial charge in [-0.15, -0.1) is 0 Å². The van der Waals surface area contributed by atoms with E-state index in [1.807, 2.05) is 55.5 Å². The van der Waals surface area contributed by atoms with Crippen LogP contribution in [-0.2, 0) is 6.54 Å². The Morgan fingerprint density at radius 2 is 1.85 bits per heavy atom. The molecule has 0 saturated heterocycles. The number of nitrogens with one attached hydrogen (secondary N) is 2. The van der Waals surface area contributed by atoms with Gasteiger partial charge < -0.3 is 10.6 Å². The standard InChI is InChI=1S/C17H20N2O/c1-3-18-16-10-9-15(11-13(16)2)17(20)19-12-14-7-5-4-6-8-14/h4-11,18H,3,12H2,1-2H3,(H,19,20). The molecule has 0 atom stereocenters. The van der Waals surface area contributed by atoms with Gasteiger partial charge in [0.1, 0.15) is 0 Å². The second-order valence-electron chi connectivity index (χ2n) is 4.73. The SMILES string of the molecule is CCNc1ccc(C(=O)NCc2ccccc2)cc1C. The van der Waals surface area contributed by atoms with Crippen molar-refractivity contribution in [2.75, 3.05) is 11.9 Å². The third kappa shape index (κ3) is 3.60. The first-order valence-corrected chi connectivity index (χ1v) is 6.87. The Labute approximate surface area is 120 Å². The van der Waals surface area contributed by atoms with Gasteiger partial charge in [0.25, 0.3) is 5.91 Å². The van der Waals surface area contributed by atoms with Crippen molar-refractivity contribution < 1.29 is 4.79 Å². The zero-order valence-corrected chi connectivity index (χ0v) is 11.9. The quantitative estimate of drug-likeness (QED) is 0.873. The van der Waals surface area contributed by atoms with Gasteiger partial charge in [-0.1, -0.05) is 30.3 Å². The highest BCUT2D eigenvalue weighted by atomic mass is 16.1. The number of hydrogen-bond donors (Lipinski definition) is 2. The summed E-state index contributed by atoms with van der Waals surface area (Å²) in [6.45, 7) is 5.49. The summed E-state index contributed by atoms with van der Waals surface area (Å²) in [5.74, 6) is -0.0417. The minimum absolute atomic E-state index is 0.0417. The molecule has 3 heteroatoms. The van der Waals surface area contributed by atoms with Gasteiger partial charge in [0.05, 0.1) is 0 Å². The number of aryl methyl sites for hydroxylation is 1. The van der Waals surface area contributed by atoms with E-state index in [-0.39, 0.29) is 5.91 Å². The summed E-state index contributed by atoms with van der Waals surface area (Å²) in [7, 11) is 0. The van der Waals surface area contributed by atoms with Crippen LogP contribution in [0, 0.1) is 6.92 Å². The van der Waals surface area contributed by atoms with Gasteiger partial charge in [-0.25, -0.2) is 0 Å². The average Bonchev–Trinajstić information content (AvgIpc) is 2.48. The molecule has 0 aromatic heterocycles. The molecule has 0 bridgehead atoms. The number of carbonyl (C=O) groups excluding carboxylic acids is 1. The van der Waals surface area contributed by atoms with Crippen molar-refractivity contribution in [3.8, 4) is 0 Å². The molecule has 20 heavy (non-hydrogen) atoms. The van der Waals surface area contributed by atoms with E-state index in [1.165, 1.54) is 0 Å². The lowest BCUT2D eigenvalue weighted by Gasteiger charge is -2.10. The van der Waals surface area contributed by atoms with Crippen molar-refractivity contribution >= 4 is 11.6 Å². The number of amides is 1. The van der Waals surface area contributed by atoms with Crippen molar-refractivity contribution in [1.82, 2.24) is 5.32 Å². The molecule has 0 aliphatic rings. The molecule has 0 spiro atoms. The van der Waals surface area contributed by atoms with Gasteiger partial charge in [-0.3, -0.25) is 4.79 Å². The van der Waals surface area contributed by atoms with Gasteiger partial charge in [0.2, 0.25) is 0 Å². The van der Waals surface area contributed by atoms with Crippen LogP contribution in [0.2, 0.25) is 0 Å². The third-order valence-electron chi connectivity index (χ3n) is 3.15. The summed E-state index contributed by atoms with van der Waals surface area (Å²) in [5, 5.41) is 6.20. The Kier molecular flexibility index (Phi) is 4.77. The van der Waals surface area contributed by atoms with Crippen molar-refractivity contribution in [3.63, 3.8) is 0 Å². The molecule has 2 aromatic rings. The number of carbonyl (C=O) groups is 1. The number of anilines is 1. The van der Waals surface area contributed by atoms with Crippen LogP contribution in [0.1, 0.15) is 28.4 Å². The van der Waals surface area contributed by atoms with Crippen LogP contribution in [-0.4, -0.2) is 12.5 Å². The van der Waals surface area contributed by atoms with Crippen molar-refractivity contribution in [2.24, 2.45) is 0 Å². The van der Waals surface area contributed by atoms with Gasteiger partial charge in [0.15, 0.2) is 0 Å². The van der Waals surface area contributed by atoms with E-state index in [0.29, 0.717) is 12.1 Å². The van der Waals surface area contributed by atoms with Gasteiger partial charge in [-0.05, 0) is 43.2 Å². The maximum atomic E-state index is 12.1. The number of hydrogen-bond acceptors (Lipinski definition) is 2. The molecular weight excluding hydrogens is 248 g/mol. The van der Waals surface area contributed by atoms with E-state index in [2.05, 4.69) is 17.6 Å². The summed E-state index contributed by atoms with van der Waals surface area (Å²) in [6.07, 6.45) is 0. The van der Waals surface area contributed by atoms with Crippen LogP contribution in [0.5, 0.6) is 0 Å². The molecule has 2 aromatic carbocycles. The Balaban J connectivity index is 2.00. The summed E-state index contributed by atoms with van der Waals surface area (Å²) in [5.41, 5.74) is 3.95. The fourth-order valence-electron chi connectivity index (χ4n) is 2.07. The molecule has 1 amide bonds. The zero-order chi connectivity index (χ0) is 14.4. The summed E-state index contributed by atoms with van der Waals surface area (Å²) in [4.78, 5) is 12.1. The second-order valence-corrected chi connectivity index (χ2v) is 4.73. The minimum Gasteiger partial charge on any atom is -0.385 e. The molecule has 3 nitrogen and oxygen atoms in total. The van der Waals surface area contributed by atoms with E-state index in [1.54, 1.807) is 0 Å². The highest BCUT2D eigenvalue weighted by Crippen LogP contribution is 2.16. The third-order valence-corrected chi connectivity index (χ3v) is 3.15. The number of rotatable bonds is 5.